The largest absolute Gasteiger partial charge is 0.343 e. The lowest BCUT2D eigenvalue weighted by Crippen LogP contribution is -1.80. The lowest BCUT2D eigenvalue weighted by atomic mass is 10.2. The minimum Gasteiger partial charge on any atom is -0.343 e. The number of hydrogen-bond donors (Lipinski definition) is 1. The van der Waals surface area contributed by atoms with Crippen molar-refractivity contribution in [1.29, 1.82) is 0 Å². The minimum atomic E-state index is 0.642. The van der Waals surface area contributed by atoms with Crippen molar-refractivity contribution in [2.24, 2.45) is 0 Å². The van der Waals surface area contributed by atoms with Crippen molar-refractivity contribution in [2.45, 2.75) is 0 Å². The van der Waals surface area contributed by atoms with Gasteiger partial charge in [-0.15, -0.1) is 11.3 Å². The van der Waals surface area contributed by atoms with Crippen LogP contribution in [-0.4, -0.2) is 9.97 Å². The molecule has 0 bridgehead atoms. The summed E-state index contributed by atoms with van der Waals surface area (Å²) in [6.07, 6.45) is 1.84. The van der Waals surface area contributed by atoms with Crippen molar-refractivity contribution in [3.8, 4) is 22.0 Å². The molecule has 0 saturated carbocycles. The average molecular weight is 295 g/mol. The fourth-order valence-corrected chi connectivity index (χ4v) is 2.76. The first kappa shape index (κ1) is 11.8. The second-order valence-electron chi connectivity index (χ2n) is 3.74. The van der Waals surface area contributed by atoms with Gasteiger partial charge in [-0.2, -0.15) is 0 Å². The molecular weight excluding hydrogens is 287 g/mol. The van der Waals surface area contributed by atoms with Crippen molar-refractivity contribution >= 4 is 34.5 Å². The molecule has 0 unspecified atom stereocenters. The molecular formula is C13H8Cl2N2S. The van der Waals surface area contributed by atoms with Crippen LogP contribution >= 0.6 is 34.5 Å². The van der Waals surface area contributed by atoms with Gasteiger partial charge in [0.05, 0.1) is 15.6 Å². The van der Waals surface area contributed by atoms with Gasteiger partial charge in [0.1, 0.15) is 5.82 Å². The standard InChI is InChI=1S/C13H8Cl2N2S/c14-8-3-4-10(15)9(6-8)11-7-16-13(17-11)12-2-1-5-18-12/h1-7H,(H,16,17). The van der Waals surface area contributed by atoms with Crippen molar-refractivity contribution in [1.82, 2.24) is 9.97 Å². The molecule has 2 heterocycles. The van der Waals surface area contributed by atoms with Crippen LogP contribution in [-0.2, 0) is 0 Å². The third-order valence-corrected chi connectivity index (χ3v) is 3.98. The normalized spacial score (nSPS) is 10.8. The Bertz CT molecular complexity index is 674. The zero-order valence-electron chi connectivity index (χ0n) is 9.15. The number of H-pyrrole nitrogens is 1. The van der Waals surface area contributed by atoms with Gasteiger partial charge in [-0.05, 0) is 29.6 Å². The van der Waals surface area contributed by atoms with Crippen LogP contribution < -0.4 is 0 Å². The zero-order chi connectivity index (χ0) is 12.5. The number of hydrogen-bond acceptors (Lipinski definition) is 2. The van der Waals surface area contributed by atoms with Gasteiger partial charge in [0, 0.05) is 16.8 Å². The van der Waals surface area contributed by atoms with Crippen molar-refractivity contribution in [3.63, 3.8) is 0 Å². The molecule has 0 aliphatic rings. The van der Waals surface area contributed by atoms with Crippen molar-refractivity contribution < 1.29 is 0 Å². The van der Waals surface area contributed by atoms with E-state index in [0.29, 0.717) is 10.0 Å². The average Bonchev–Trinajstić information content (AvgIpc) is 3.00. The lowest BCUT2D eigenvalue weighted by molar-refractivity contribution is 1.33. The smallest absolute Gasteiger partial charge is 0.148 e. The number of benzene rings is 1. The minimum absolute atomic E-state index is 0.642. The van der Waals surface area contributed by atoms with E-state index in [4.69, 9.17) is 23.2 Å². The molecule has 0 amide bonds. The number of aromatic amines is 1. The van der Waals surface area contributed by atoms with Gasteiger partial charge >= 0.3 is 0 Å². The molecule has 0 aliphatic heterocycles. The van der Waals surface area contributed by atoms with Crippen LogP contribution in [0.3, 0.4) is 0 Å². The molecule has 1 aromatic carbocycles. The molecule has 0 spiro atoms. The summed E-state index contributed by atoms with van der Waals surface area (Å²) in [5.74, 6) is 0.844. The number of thiophene rings is 1. The van der Waals surface area contributed by atoms with Gasteiger partial charge < -0.3 is 4.98 Å². The number of halogens is 2. The van der Waals surface area contributed by atoms with E-state index in [9.17, 15) is 0 Å². The van der Waals surface area contributed by atoms with E-state index in [1.54, 1.807) is 23.5 Å². The van der Waals surface area contributed by atoms with Gasteiger partial charge in [-0.3, -0.25) is 0 Å². The van der Waals surface area contributed by atoms with E-state index >= 15 is 0 Å². The maximum atomic E-state index is 6.15. The van der Waals surface area contributed by atoms with Gasteiger partial charge in [-0.25, -0.2) is 4.98 Å². The zero-order valence-corrected chi connectivity index (χ0v) is 11.5. The highest BCUT2D eigenvalue weighted by Gasteiger charge is 2.10. The van der Waals surface area contributed by atoms with Gasteiger partial charge in [0.25, 0.3) is 0 Å². The number of aromatic nitrogens is 2. The van der Waals surface area contributed by atoms with Crippen LogP contribution in [0.2, 0.25) is 10.0 Å². The maximum absolute atomic E-state index is 6.15. The first-order chi connectivity index (χ1) is 8.74. The van der Waals surface area contributed by atoms with E-state index in [0.717, 1.165) is 22.0 Å². The quantitative estimate of drug-likeness (QED) is 0.699. The Morgan fingerprint density at radius 1 is 1.17 bits per heavy atom. The SMILES string of the molecule is Clc1ccc(Cl)c(-c2c[nH]c(-c3cccs3)n2)c1. The van der Waals surface area contributed by atoms with Crippen LogP contribution in [0.25, 0.3) is 22.0 Å². The maximum Gasteiger partial charge on any atom is 0.148 e. The molecule has 0 saturated heterocycles. The molecule has 3 aromatic rings. The predicted octanol–water partition coefficient (Wildman–Crippen LogP) is 5.11. The Hall–Kier alpha value is -1.29. The highest BCUT2D eigenvalue weighted by Crippen LogP contribution is 2.31. The summed E-state index contributed by atoms with van der Waals surface area (Å²) < 4.78 is 0. The predicted molar refractivity (Wildman–Crippen MR) is 77.4 cm³/mol. The van der Waals surface area contributed by atoms with Crippen LogP contribution in [0.4, 0.5) is 0 Å². The molecule has 18 heavy (non-hydrogen) atoms. The molecule has 0 radical (unpaired) electrons. The first-order valence-electron chi connectivity index (χ1n) is 5.29. The Morgan fingerprint density at radius 3 is 2.83 bits per heavy atom. The molecule has 0 atom stereocenters. The molecule has 5 heteroatoms. The van der Waals surface area contributed by atoms with E-state index in [-0.39, 0.29) is 0 Å². The van der Waals surface area contributed by atoms with Crippen LogP contribution in [0.1, 0.15) is 0 Å². The van der Waals surface area contributed by atoms with Crippen molar-refractivity contribution in [2.75, 3.05) is 0 Å². The molecule has 1 N–H and O–H groups in total. The lowest BCUT2D eigenvalue weighted by Gasteiger charge is -2.00. The second kappa shape index (κ2) is 4.76. The Morgan fingerprint density at radius 2 is 2.06 bits per heavy atom. The fraction of sp³-hybridized carbons (Fsp3) is 0. The van der Waals surface area contributed by atoms with E-state index in [1.165, 1.54) is 0 Å². The van der Waals surface area contributed by atoms with E-state index < -0.39 is 0 Å². The summed E-state index contributed by atoms with van der Waals surface area (Å²) in [7, 11) is 0. The fourth-order valence-electron chi connectivity index (χ4n) is 1.69. The first-order valence-corrected chi connectivity index (χ1v) is 6.92. The van der Waals surface area contributed by atoms with Crippen LogP contribution in [0, 0.1) is 0 Å². The van der Waals surface area contributed by atoms with Gasteiger partial charge in [0.2, 0.25) is 0 Å². The van der Waals surface area contributed by atoms with E-state index in [1.807, 2.05) is 29.8 Å². The van der Waals surface area contributed by atoms with Crippen LogP contribution in [0.5, 0.6) is 0 Å². The highest BCUT2D eigenvalue weighted by atomic mass is 35.5. The van der Waals surface area contributed by atoms with Crippen LogP contribution in [0.15, 0.2) is 41.9 Å². The monoisotopic (exact) mass is 294 g/mol. The molecule has 2 nitrogen and oxygen atoms in total. The number of rotatable bonds is 2. The third kappa shape index (κ3) is 2.17. The topological polar surface area (TPSA) is 28.7 Å². The van der Waals surface area contributed by atoms with Crippen molar-refractivity contribution in [3.05, 3.63) is 52.0 Å². The highest BCUT2D eigenvalue weighted by molar-refractivity contribution is 7.13. The van der Waals surface area contributed by atoms with Gasteiger partial charge in [-0.1, -0.05) is 29.3 Å². The third-order valence-electron chi connectivity index (χ3n) is 2.54. The van der Waals surface area contributed by atoms with E-state index in [2.05, 4.69) is 9.97 Å². The molecule has 3 rings (SSSR count). The molecule has 2 aromatic heterocycles. The summed E-state index contributed by atoms with van der Waals surface area (Å²) in [4.78, 5) is 8.78. The Balaban J connectivity index is 2.05. The summed E-state index contributed by atoms with van der Waals surface area (Å²) in [5, 5.41) is 3.31. The molecule has 0 aliphatic carbocycles. The molecule has 90 valence electrons. The number of nitrogens with zero attached hydrogens (tertiary/aromatic N) is 1. The van der Waals surface area contributed by atoms with Gasteiger partial charge in [0.15, 0.2) is 0 Å². The molecule has 0 fully saturated rings. The number of nitrogens with one attached hydrogen (secondary N) is 1. The number of imidazole rings is 1. The summed E-state index contributed by atoms with van der Waals surface area (Å²) in [6, 6.07) is 9.37. The summed E-state index contributed by atoms with van der Waals surface area (Å²) in [6.45, 7) is 0. The summed E-state index contributed by atoms with van der Waals surface area (Å²) >= 11 is 13.8. The summed E-state index contributed by atoms with van der Waals surface area (Å²) in [5.41, 5.74) is 1.63. The second-order valence-corrected chi connectivity index (χ2v) is 5.53. The Labute approximate surface area is 118 Å². The Kier molecular flexibility index (Phi) is 3.12.